The lowest BCUT2D eigenvalue weighted by molar-refractivity contribution is 0.382. The van der Waals surface area contributed by atoms with E-state index >= 15 is 0 Å². The molecule has 1 fully saturated rings. The molecule has 2 aromatic carbocycles. The Kier molecular flexibility index (Phi) is 6.80. The highest BCUT2D eigenvalue weighted by Gasteiger charge is 2.28. The van der Waals surface area contributed by atoms with Crippen LogP contribution in [0.2, 0.25) is 0 Å². The molecule has 0 radical (unpaired) electrons. The summed E-state index contributed by atoms with van der Waals surface area (Å²) in [5, 5.41) is 3.30. The number of sulfonamides is 1. The monoisotopic (exact) mass is 467 g/mol. The van der Waals surface area contributed by atoms with Crippen LogP contribution < -0.4 is 15.0 Å². The Balaban J connectivity index is 1.41. The summed E-state index contributed by atoms with van der Waals surface area (Å²) in [7, 11) is -1.74. The van der Waals surface area contributed by atoms with E-state index in [9.17, 15) is 8.42 Å². The van der Waals surface area contributed by atoms with Gasteiger partial charge in [0, 0.05) is 43.6 Å². The van der Waals surface area contributed by atoms with Gasteiger partial charge in [-0.3, -0.25) is 0 Å². The third-order valence-electron chi connectivity index (χ3n) is 5.55. The molecular formula is C24H29N5O3S. The topological polar surface area (TPSA) is 87.7 Å². The third kappa shape index (κ3) is 5.80. The van der Waals surface area contributed by atoms with Crippen molar-refractivity contribution in [1.82, 2.24) is 14.3 Å². The maximum Gasteiger partial charge on any atom is 0.227 e. The Morgan fingerprint density at radius 3 is 2.36 bits per heavy atom. The molecule has 174 valence electrons. The minimum atomic E-state index is -3.38. The van der Waals surface area contributed by atoms with Crippen LogP contribution in [0.25, 0.3) is 0 Å². The number of rotatable bonds is 7. The van der Waals surface area contributed by atoms with E-state index in [2.05, 4.69) is 15.3 Å². The Bertz CT molecular complexity index is 1210. The molecule has 1 aliphatic rings. The summed E-state index contributed by atoms with van der Waals surface area (Å²) in [6.07, 6.45) is 0. The average molecular weight is 468 g/mol. The molecule has 2 heterocycles. The van der Waals surface area contributed by atoms with E-state index in [4.69, 9.17) is 4.74 Å². The van der Waals surface area contributed by atoms with Gasteiger partial charge in [0.2, 0.25) is 16.0 Å². The van der Waals surface area contributed by atoms with Gasteiger partial charge in [0.15, 0.2) is 0 Å². The minimum Gasteiger partial charge on any atom is -0.497 e. The maximum atomic E-state index is 12.9. The first-order chi connectivity index (χ1) is 15.8. The van der Waals surface area contributed by atoms with Crippen LogP contribution in [0.1, 0.15) is 16.8 Å². The molecule has 33 heavy (non-hydrogen) atoms. The summed E-state index contributed by atoms with van der Waals surface area (Å²) in [6, 6.07) is 17.1. The predicted molar refractivity (Wildman–Crippen MR) is 131 cm³/mol. The van der Waals surface area contributed by atoms with Crippen molar-refractivity contribution in [2.75, 3.05) is 43.5 Å². The van der Waals surface area contributed by atoms with Gasteiger partial charge in [-0.2, -0.15) is 9.29 Å². The van der Waals surface area contributed by atoms with Gasteiger partial charge < -0.3 is 15.0 Å². The molecule has 0 bridgehead atoms. The van der Waals surface area contributed by atoms with Crippen molar-refractivity contribution in [2.24, 2.45) is 0 Å². The van der Waals surface area contributed by atoms with Gasteiger partial charge in [-0.25, -0.2) is 13.4 Å². The first-order valence-corrected chi connectivity index (χ1v) is 12.5. The maximum absolute atomic E-state index is 12.9. The van der Waals surface area contributed by atoms with E-state index < -0.39 is 10.0 Å². The van der Waals surface area contributed by atoms with Gasteiger partial charge in [0.1, 0.15) is 11.6 Å². The van der Waals surface area contributed by atoms with E-state index in [0.29, 0.717) is 37.9 Å². The van der Waals surface area contributed by atoms with E-state index in [-0.39, 0.29) is 5.75 Å². The van der Waals surface area contributed by atoms with Crippen molar-refractivity contribution in [1.29, 1.82) is 0 Å². The molecule has 4 rings (SSSR count). The van der Waals surface area contributed by atoms with Crippen LogP contribution in [0, 0.1) is 13.8 Å². The SMILES string of the molecule is COc1ccc(Nc2cc(C)nc(N3CCN(S(=O)(=O)Cc4cccc(C)c4)CC3)n2)cc1. The zero-order valence-electron chi connectivity index (χ0n) is 19.2. The number of ether oxygens (including phenoxy) is 1. The first-order valence-electron chi connectivity index (χ1n) is 10.9. The molecule has 0 spiro atoms. The second kappa shape index (κ2) is 9.76. The average Bonchev–Trinajstić information content (AvgIpc) is 2.79. The Labute approximate surface area is 195 Å². The molecule has 1 aromatic heterocycles. The van der Waals surface area contributed by atoms with Crippen molar-refractivity contribution in [3.8, 4) is 5.75 Å². The number of anilines is 3. The number of nitrogens with one attached hydrogen (secondary N) is 1. The van der Waals surface area contributed by atoms with E-state index in [1.807, 2.05) is 73.3 Å². The quantitative estimate of drug-likeness (QED) is 0.569. The van der Waals surface area contributed by atoms with Crippen LogP contribution in [0.15, 0.2) is 54.6 Å². The fraction of sp³-hybridized carbons (Fsp3) is 0.333. The summed E-state index contributed by atoms with van der Waals surface area (Å²) in [5.74, 6) is 2.10. The standard InChI is InChI=1S/C24H29N5O3S/c1-18-5-4-6-20(15-18)17-33(30,31)29-13-11-28(12-14-29)24-25-19(2)16-23(27-24)26-21-7-9-22(32-3)10-8-21/h4-10,15-16H,11-14,17H2,1-3H3,(H,25,26,27). The number of nitrogens with zero attached hydrogens (tertiary/aromatic N) is 4. The van der Waals surface area contributed by atoms with Crippen molar-refractivity contribution in [3.63, 3.8) is 0 Å². The Morgan fingerprint density at radius 1 is 0.970 bits per heavy atom. The van der Waals surface area contributed by atoms with E-state index in [0.717, 1.165) is 28.3 Å². The highest BCUT2D eigenvalue weighted by molar-refractivity contribution is 7.88. The fourth-order valence-electron chi connectivity index (χ4n) is 3.85. The number of aryl methyl sites for hydroxylation is 2. The Morgan fingerprint density at radius 2 is 1.70 bits per heavy atom. The molecule has 0 aliphatic carbocycles. The molecule has 0 saturated carbocycles. The number of piperazine rings is 1. The predicted octanol–water partition coefficient (Wildman–Crippen LogP) is 3.50. The molecule has 8 nitrogen and oxygen atoms in total. The van der Waals surface area contributed by atoms with Crippen LogP contribution in [0.5, 0.6) is 5.75 Å². The second-order valence-corrected chi connectivity index (χ2v) is 10.1. The highest BCUT2D eigenvalue weighted by atomic mass is 32.2. The number of aromatic nitrogens is 2. The zero-order valence-corrected chi connectivity index (χ0v) is 20.0. The second-order valence-electron chi connectivity index (χ2n) is 8.18. The van der Waals surface area contributed by atoms with Crippen molar-refractivity contribution >= 4 is 27.5 Å². The van der Waals surface area contributed by atoms with E-state index in [1.54, 1.807) is 11.4 Å². The van der Waals surface area contributed by atoms with Crippen molar-refractivity contribution < 1.29 is 13.2 Å². The smallest absolute Gasteiger partial charge is 0.227 e. The number of methoxy groups -OCH3 is 1. The lowest BCUT2D eigenvalue weighted by Crippen LogP contribution is -2.49. The first kappa shape index (κ1) is 23.0. The van der Waals surface area contributed by atoms with E-state index in [1.165, 1.54) is 0 Å². The lowest BCUT2D eigenvalue weighted by atomic mass is 10.2. The molecule has 3 aromatic rings. The van der Waals surface area contributed by atoms with Gasteiger partial charge in [-0.15, -0.1) is 0 Å². The zero-order chi connectivity index (χ0) is 23.4. The largest absolute Gasteiger partial charge is 0.497 e. The molecule has 1 N–H and O–H groups in total. The fourth-order valence-corrected chi connectivity index (χ4v) is 5.35. The van der Waals surface area contributed by atoms with Crippen LogP contribution in [-0.4, -0.2) is 56.0 Å². The summed E-state index contributed by atoms with van der Waals surface area (Å²) in [6.45, 7) is 5.79. The minimum absolute atomic E-state index is 0.0194. The number of hydrogen-bond donors (Lipinski definition) is 1. The normalized spacial score (nSPS) is 14.8. The van der Waals surface area contributed by atoms with Crippen molar-refractivity contribution in [2.45, 2.75) is 19.6 Å². The van der Waals surface area contributed by atoms with Gasteiger partial charge in [0.25, 0.3) is 0 Å². The van der Waals surface area contributed by atoms with Crippen molar-refractivity contribution in [3.05, 3.63) is 71.4 Å². The highest BCUT2D eigenvalue weighted by Crippen LogP contribution is 2.22. The Hall–Kier alpha value is -3.17. The lowest BCUT2D eigenvalue weighted by Gasteiger charge is -2.34. The van der Waals surface area contributed by atoms with Gasteiger partial charge in [-0.05, 0) is 43.7 Å². The molecule has 0 unspecified atom stereocenters. The summed E-state index contributed by atoms with van der Waals surface area (Å²) >= 11 is 0. The summed E-state index contributed by atoms with van der Waals surface area (Å²) in [4.78, 5) is 11.3. The summed E-state index contributed by atoms with van der Waals surface area (Å²) in [5.41, 5.74) is 3.61. The van der Waals surface area contributed by atoms with Crippen LogP contribution >= 0.6 is 0 Å². The van der Waals surface area contributed by atoms with Crippen LogP contribution in [0.4, 0.5) is 17.5 Å². The molecular weight excluding hydrogens is 438 g/mol. The molecule has 1 saturated heterocycles. The molecule has 0 atom stereocenters. The van der Waals surface area contributed by atoms with Crippen LogP contribution in [-0.2, 0) is 15.8 Å². The molecule has 1 aliphatic heterocycles. The molecule has 0 amide bonds. The van der Waals surface area contributed by atoms with Gasteiger partial charge in [-0.1, -0.05) is 29.8 Å². The number of hydrogen-bond acceptors (Lipinski definition) is 7. The van der Waals surface area contributed by atoms with Crippen LogP contribution in [0.3, 0.4) is 0 Å². The molecule has 9 heteroatoms. The van der Waals surface area contributed by atoms with Gasteiger partial charge in [0.05, 0.1) is 12.9 Å². The summed E-state index contributed by atoms with van der Waals surface area (Å²) < 4.78 is 32.6. The number of benzene rings is 2. The van der Waals surface area contributed by atoms with Gasteiger partial charge >= 0.3 is 0 Å². The third-order valence-corrected chi connectivity index (χ3v) is 7.40.